The van der Waals surface area contributed by atoms with Gasteiger partial charge in [-0.1, -0.05) is 41.1 Å². The minimum Gasteiger partial charge on any atom is -0.282 e. The molecule has 0 radical (unpaired) electrons. The summed E-state index contributed by atoms with van der Waals surface area (Å²) in [5.41, 5.74) is 5.71. The third kappa shape index (κ3) is 3.77. The number of thiazole rings is 1. The Kier molecular flexibility index (Phi) is 4.40. The number of hydrazine groups is 1. The van der Waals surface area contributed by atoms with E-state index in [0.29, 0.717) is 15.7 Å². The molecule has 6 nitrogen and oxygen atoms in total. The number of fused-ring (bicyclic) bond motifs is 1. The Balaban J connectivity index is 1.58. The molecular formula is C15H11ClN4O2S. The van der Waals surface area contributed by atoms with E-state index < -0.39 is 11.9 Å². The Labute approximate surface area is 140 Å². The molecule has 3 rings (SSSR count). The van der Waals surface area contributed by atoms with Gasteiger partial charge in [0.05, 0.1) is 10.2 Å². The molecule has 116 valence electrons. The lowest BCUT2D eigenvalue weighted by Crippen LogP contribution is -2.43. The summed E-state index contributed by atoms with van der Waals surface area (Å²) in [6, 6.07) is 13.4. The molecule has 0 spiro atoms. The van der Waals surface area contributed by atoms with E-state index in [9.17, 15) is 9.59 Å². The SMILES string of the molecule is O=C(NNC(=O)c1cccc(Cl)c1)Nc1nc2ccccc2s1. The smallest absolute Gasteiger partial charge is 0.282 e. The fourth-order valence-electron chi connectivity index (χ4n) is 1.87. The minimum atomic E-state index is -0.584. The van der Waals surface area contributed by atoms with Crippen LogP contribution in [-0.2, 0) is 0 Å². The van der Waals surface area contributed by atoms with Crippen LogP contribution in [0.4, 0.5) is 9.93 Å². The van der Waals surface area contributed by atoms with Crippen molar-refractivity contribution in [1.29, 1.82) is 0 Å². The lowest BCUT2D eigenvalue weighted by molar-refractivity contribution is 0.0938. The van der Waals surface area contributed by atoms with Crippen LogP contribution in [0.25, 0.3) is 10.2 Å². The van der Waals surface area contributed by atoms with Crippen LogP contribution in [0, 0.1) is 0 Å². The van der Waals surface area contributed by atoms with Crippen molar-refractivity contribution in [1.82, 2.24) is 15.8 Å². The van der Waals surface area contributed by atoms with Gasteiger partial charge in [0.25, 0.3) is 5.91 Å². The quantitative estimate of drug-likeness (QED) is 0.622. The highest BCUT2D eigenvalue weighted by Gasteiger charge is 2.10. The molecule has 0 saturated heterocycles. The zero-order valence-corrected chi connectivity index (χ0v) is 13.2. The number of hydrogen-bond donors (Lipinski definition) is 3. The molecule has 1 aromatic heterocycles. The molecule has 2 aromatic carbocycles. The summed E-state index contributed by atoms with van der Waals surface area (Å²) in [7, 11) is 0. The van der Waals surface area contributed by atoms with Crippen molar-refractivity contribution in [3.8, 4) is 0 Å². The molecule has 3 amide bonds. The number of rotatable bonds is 2. The fraction of sp³-hybridized carbons (Fsp3) is 0. The first kappa shape index (κ1) is 15.3. The normalized spacial score (nSPS) is 10.3. The molecule has 0 bridgehead atoms. The van der Waals surface area contributed by atoms with Crippen molar-refractivity contribution in [3.05, 3.63) is 59.1 Å². The number of nitrogens with zero attached hydrogens (tertiary/aromatic N) is 1. The molecule has 23 heavy (non-hydrogen) atoms. The molecular weight excluding hydrogens is 336 g/mol. The van der Waals surface area contributed by atoms with E-state index >= 15 is 0 Å². The molecule has 0 aliphatic carbocycles. The molecule has 0 saturated carbocycles. The van der Waals surface area contributed by atoms with Crippen molar-refractivity contribution in [2.24, 2.45) is 0 Å². The molecule has 3 N–H and O–H groups in total. The Morgan fingerprint density at radius 1 is 1.04 bits per heavy atom. The van der Waals surface area contributed by atoms with Crippen LogP contribution in [0.3, 0.4) is 0 Å². The number of benzene rings is 2. The van der Waals surface area contributed by atoms with E-state index in [2.05, 4.69) is 21.2 Å². The molecule has 8 heteroatoms. The Morgan fingerprint density at radius 3 is 2.65 bits per heavy atom. The second kappa shape index (κ2) is 6.64. The van der Waals surface area contributed by atoms with Crippen molar-refractivity contribution < 1.29 is 9.59 Å². The van der Waals surface area contributed by atoms with E-state index in [4.69, 9.17) is 11.6 Å². The number of aromatic nitrogens is 1. The van der Waals surface area contributed by atoms with E-state index in [0.717, 1.165) is 10.2 Å². The number of para-hydroxylation sites is 1. The molecule has 0 aliphatic heterocycles. The maximum absolute atomic E-state index is 11.9. The summed E-state index contributed by atoms with van der Waals surface area (Å²) in [5, 5.41) is 3.45. The van der Waals surface area contributed by atoms with Gasteiger partial charge in [-0.2, -0.15) is 0 Å². The highest BCUT2D eigenvalue weighted by molar-refractivity contribution is 7.22. The summed E-state index contributed by atoms with van der Waals surface area (Å²) >= 11 is 7.16. The first-order chi connectivity index (χ1) is 11.1. The van der Waals surface area contributed by atoms with Gasteiger partial charge >= 0.3 is 6.03 Å². The molecule has 0 atom stereocenters. The number of amides is 3. The van der Waals surface area contributed by atoms with Crippen LogP contribution in [-0.4, -0.2) is 16.9 Å². The van der Waals surface area contributed by atoms with E-state index in [-0.39, 0.29) is 0 Å². The average Bonchev–Trinajstić information content (AvgIpc) is 2.94. The zero-order chi connectivity index (χ0) is 16.2. The maximum atomic E-state index is 11.9. The largest absolute Gasteiger partial charge is 0.339 e. The van der Waals surface area contributed by atoms with E-state index in [1.165, 1.54) is 17.4 Å². The fourth-order valence-corrected chi connectivity index (χ4v) is 2.92. The average molecular weight is 347 g/mol. The highest BCUT2D eigenvalue weighted by atomic mass is 35.5. The Bertz CT molecular complexity index is 848. The molecule has 3 aromatic rings. The molecule has 0 unspecified atom stereocenters. The number of halogens is 1. The lowest BCUT2D eigenvalue weighted by Gasteiger charge is -2.07. The third-order valence-electron chi connectivity index (χ3n) is 2.89. The molecule has 0 fully saturated rings. The zero-order valence-electron chi connectivity index (χ0n) is 11.7. The molecule has 1 heterocycles. The monoisotopic (exact) mass is 346 g/mol. The van der Waals surface area contributed by atoms with Crippen LogP contribution in [0.1, 0.15) is 10.4 Å². The summed E-state index contributed by atoms with van der Waals surface area (Å²) in [4.78, 5) is 27.9. The first-order valence-corrected chi connectivity index (χ1v) is 7.80. The highest BCUT2D eigenvalue weighted by Crippen LogP contribution is 2.25. The summed E-state index contributed by atoms with van der Waals surface area (Å²) in [6.07, 6.45) is 0. The van der Waals surface area contributed by atoms with Gasteiger partial charge in [-0.25, -0.2) is 15.2 Å². The minimum absolute atomic E-state index is 0.345. The summed E-state index contributed by atoms with van der Waals surface area (Å²) < 4.78 is 0.964. The van der Waals surface area contributed by atoms with Gasteiger partial charge in [-0.05, 0) is 30.3 Å². The molecule has 0 aliphatic rings. The van der Waals surface area contributed by atoms with Crippen molar-refractivity contribution in [3.63, 3.8) is 0 Å². The third-order valence-corrected chi connectivity index (χ3v) is 4.08. The van der Waals surface area contributed by atoms with Gasteiger partial charge in [-0.15, -0.1) is 0 Å². The van der Waals surface area contributed by atoms with E-state index in [1.54, 1.807) is 18.2 Å². The second-order valence-electron chi connectivity index (χ2n) is 4.53. The second-order valence-corrected chi connectivity index (χ2v) is 6.00. The lowest BCUT2D eigenvalue weighted by atomic mass is 10.2. The topological polar surface area (TPSA) is 83.1 Å². The standard InChI is InChI=1S/C15H11ClN4O2S/c16-10-5-3-4-9(8-10)13(21)19-20-14(22)18-15-17-11-6-1-2-7-12(11)23-15/h1-8H,(H,19,21)(H2,17,18,20,22). The number of anilines is 1. The first-order valence-electron chi connectivity index (χ1n) is 6.60. The van der Waals surface area contributed by atoms with Crippen LogP contribution >= 0.6 is 22.9 Å². The van der Waals surface area contributed by atoms with Gasteiger partial charge in [0.2, 0.25) is 0 Å². The number of nitrogens with one attached hydrogen (secondary N) is 3. The van der Waals surface area contributed by atoms with Crippen molar-refractivity contribution in [2.75, 3.05) is 5.32 Å². The van der Waals surface area contributed by atoms with Crippen molar-refractivity contribution in [2.45, 2.75) is 0 Å². The van der Waals surface area contributed by atoms with Gasteiger partial charge < -0.3 is 0 Å². The summed E-state index contributed by atoms with van der Waals surface area (Å²) in [6.45, 7) is 0. The maximum Gasteiger partial charge on any atom is 0.339 e. The van der Waals surface area contributed by atoms with Gasteiger partial charge in [0.1, 0.15) is 0 Å². The Hall–Kier alpha value is -2.64. The Morgan fingerprint density at radius 2 is 1.87 bits per heavy atom. The predicted octanol–water partition coefficient (Wildman–Crippen LogP) is 3.42. The van der Waals surface area contributed by atoms with Gasteiger partial charge in [-0.3, -0.25) is 15.5 Å². The number of carbonyl (C=O) groups excluding carboxylic acids is 2. The number of urea groups is 1. The predicted molar refractivity (Wildman–Crippen MR) is 90.7 cm³/mol. The number of carbonyl (C=O) groups is 2. The van der Waals surface area contributed by atoms with Crippen LogP contribution in [0.5, 0.6) is 0 Å². The van der Waals surface area contributed by atoms with Gasteiger partial charge in [0, 0.05) is 10.6 Å². The van der Waals surface area contributed by atoms with Crippen LogP contribution < -0.4 is 16.2 Å². The van der Waals surface area contributed by atoms with Crippen LogP contribution in [0.2, 0.25) is 5.02 Å². The van der Waals surface area contributed by atoms with Crippen LogP contribution in [0.15, 0.2) is 48.5 Å². The van der Waals surface area contributed by atoms with E-state index in [1.807, 2.05) is 24.3 Å². The number of hydrogen-bond acceptors (Lipinski definition) is 4. The van der Waals surface area contributed by atoms with Gasteiger partial charge in [0.15, 0.2) is 5.13 Å². The van der Waals surface area contributed by atoms with Crippen molar-refractivity contribution >= 4 is 50.2 Å². The summed E-state index contributed by atoms with van der Waals surface area (Å²) in [5.74, 6) is -0.466.